The zero-order valence-electron chi connectivity index (χ0n) is 20.5. The zero-order valence-corrected chi connectivity index (χ0v) is 22.9. The van der Waals surface area contributed by atoms with Crippen molar-refractivity contribution in [3.63, 3.8) is 0 Å². The van der Waals surface area contributed by atoms with Crippen molar-refractivity contribution in [1.29, 1.82) is 0 Å². The van der Waals surface area contributed by atoms with E-state index in [0.29, 0.717) is 23.2 Å². The fourth-order valence-electron chi connectivity index (χ4n) is 3.79. The lowest BCUT2D eigenvalue weighted by Gasteiger charge is -2.17. The van der Waals surface area contributed by atoms with Crippen LogP contribution in [0.2, 0.25) is 0 Å². The quantitative estimate of drug-likeness (QED) is 0.250. The predicted octanol–water partition coefficient (Wildman–Crippen LogP) is 7.58. The highest BCUT2D eigenvalue weighted by atomic mass is 79.9. The van der Waals surface area contributed by atoms with Crippen molar-refractivity contribution in [2.45, 2.75) is 33.3 Å². The van der Waals surface area contributed by atoms with Crippen LogP contribution in [0.3, 0.4) is 0 Å². The Morgan fingerprint density at radius 3 is 2.47 bits per heavy atom. The molecule has 36 heavy (non-hydrogen) atoms. The number of hydrogen-bond donors (Lipinski definition) is 0. The third-order valence-electron chi connectivity index (χ3n) is 5.73. The molecule has 0 unspecified atom stereocenters. The van der Waals surface area contributed by atoms with E-state index in [9.17, 15) is 9.59 Å². The highest BCUT2D eigenvalue weighted by molar-refractivity contribution is 9.10. The van der Waals surface area contributed by atoms with E-state index in [1.54, 1.807) is 6.08 Å². The van der Waals surface area contributed by atoms with E-state index in [2.05, 4.69) is 41.9 Å². The fraction of sp³-hybridized carbons (Fsp3) is 0.241. The highest BCUT2D eigenvalue weighted by Crippen LogP contribution is 2.34. The lowest BCUT2D eigenvalue weighted by Crippen LogP contribution is -2.32. The number of carbonyl (C=O) groups excluding carboxylic acids is 2. The average Bonchev–Trinajstić information content (AvgIpc) is 3.11. The van der Waals surface area contributed by atoms with Gasteiger partial charge in [0.05, 0.1) is 15.9 Å². The van der Waals surface area contributed by atoms with Gasteiger partial charge in [-0.2, -0.15) is 0 Å². The summed E-state index contributed by atoms with van der Waals surface area (Å²) < 4.78 is 12.7. The van der Waals surface area contributed by atoms with Crippen molar-refractivity contribution in [3.05, 3.63) is 98.4 Å². The van der Waals surface area contributed by atoms with Gasteiger partial charge < -0.3 is 9.47 Å². The summed E-state index contributed by atoms with van der Waals surface area (Å²) in [6, 6.07) is 21.6. The lowest BCUT2D eigenvalue weighted by molar-refractivity contribution is -0.123. The molecule has 7 heteroatoms. The van der Waals surface area contributed by atoms with Crippen LogP contribution in [0.1, 0.15) is 42.0 Å². The molecule has 0 saturated carbocycles. The van der Waals surface area contributed by atoms with E-state index in [0.717, 1.165) is 44.2 Å². The lowest BCUT2D eigenvalue weighted by atomic mass is 10.0. The van der Waals surface area contributed by atoms with Gasteiger partial charge in [-0.15, -0.1) is 0 Å². The van der Waals surface area contributed by atoms with Crippen LogP contribution in [-0.4, -0.2) is 29.2 Å². The van der Waals surface area contributed by atoms with Crippen LogP contribution in [0.25, 0.3) is 6.08 Å². The van der Waals surface area contributed by atoms with Gasteiger partial charge in [-0.25, -0.2) is 0 Å². The van der Waals surface area contributed by atoms with Gasteiger partial charge in [-0.05, 0) is 87.1 Å². The Morgan fingerprint density at radius 2 is 1.75 bits per heavy atom. The largest absolute Gasteiger partial charge is 0.491 e. The first kappa shape index (κ1) is 26.0. The Kier molecular flexibility index (Phi) is 8.54. The second-order valence-electron chi connectivity index (χ2n) is 8.84. The molecule has 1 fully saturated rings. The number of halogens is 1. The number of imide groups is 1. The van der Waals surface area contributed by atoms with E-state index in [1.165, 1.54) is 4.90 Å². The Bertz CT molecular complexity index is 1290. The van der Waals surface area contributed by atoms with E-state index >= 15 is 0 Å². The molecule has 0 atom stereocenters. The third kappa shape index (κ3) is 6.39. The number of thioether (sulfide) groups is 1. The molecule has 0 bridgehead atoms. The number of amides is 2. The van der Waals surface area contributed by atoms with Gasteiger partial charge in [0.15, 0.2) is 0 Å². The summed E-state index contributed by atoms with van der Waals surface area (Å²) in [5.74, 6) is 1.52. The molecule has 0 radical (unpaired) electrons. The summed E-state index contributed by atoms with van der Waals surface area (Å²) in [6.07, 6.45) is 1.73. The van der Waals surface area contributed by atoms with Crippen molar-refractivity contribution >= 4 is 44.9 Å². The maximum atomic E-state index is 12.9. The second-order valence-corrected chi connectivity index (χ2v) is 10.7. The van der Waals surface area contributed by atoms with Crippen molar-refractivity contribution < 1.29 is 19.1 Å². The van der Waals surface area contributed by atoms with Crippen LogP contribution in [0, 0.1) is 6.92 Å². The Balaban J connectivity index is 1.38. The average molecular weight is 567 g/mol. The van der Waals surface area contributed by atoms with Gasteiger partial charge in [0, 0.05) is 0 Å². The van der Waals surface area contributed by atoms with Gasteiger partial charge in [0.2, 0.25) is 0 Å². The van der Waals surface area contributed by atoms with Gasteiger partial charge in [-0.3, -0.25) is 14.5 Å². The molecule has 4 rings (SSSR count). The van der Waals surface area contributed by atoms with E-state index in [1.807, 2.05) is 61.5 Å². The molecule has 5 nitrogen and oxygen atoms in total. The number of carbonyl (C=O) groups is 2. The normalized spacial score (nSPS) is 14.7. The smallest absolute Gasteiger partial charge is 0.293 e. The predicted molar refractivity (Wildman–Crippen MR) is 148 cm³/mol. The van der Waals surface area contributed by atoms with Crippen LogP contribution < -0.4 is 9.47 Å². The molecule has 1 heterocycles. The van der Waals surface area contributed by atoms with E-state index in [4.69, 9.17) is 9.47 Å². The molecule has 0 N–H and O–H groups in total. The number of benzene rings is 3. The van der Waals surface area contributed by atoms with Gasteiger partial charge in [-0.1, -0.05) is 62.4 Å². The van der Waals surface area contributed by atoms with Crippen LogP contribution >= 0.6 is 27.7 Å². The molecule has 0 aliphatic carbocycles. The molecule has 3 aromatic carbocycles. The number of nitrogens with zero attached hydrogens (tertiary/aromatic N) is 1. The highest BCUT2D eigenvalue weighted by Gasteiger charge is 2.34. The van der Waals surface area contributed by atoms with Gasteiger partial charge >= 0.3 is 0 Å². The first-order valence-corrected chi connectivity index (χ1v) is 13.4. The zero-order chi connectivity index (χ0) is 25.7. The molecule has 1 aliphatic rings. The van der Waals surface area contributed by atoms with Crippen molar-refractivity contribution in [2.75, 3.05) is 13.2 Å². The summed E-state index contributed by atoms with van der Waals surface area (Å²) in [6.45, 7) is 7.13. The number of rotatable bonds is 9. The topological polar surface area (TPSA) is 55.8 Å². The SMILES string of the molecule is Cc1ccc(C(C)C)c(OCCN2C(=O)S/C(=C\c3ccc(OCc4ccccc4)c(Br)c3)C2=O)c1. The summed E-state index contributed by atoms with van der Waals surface area (Å²) in [5, 5.41) is -0.287. The van der Waals surface area contributed by atoms with Crippen LogP contribution in [-0.2, 0) is 11.4 Å². The molecule has 0 aromatic heterocycles. The van der Waals surface area contributed by atoms with Crippen molar-refractivity contribution in [2.24, 2.45) is 0 Å². The molecule has 1 saturated heterocycles. The Morgan fingerprint density at radius 1 is 0.972 bits per heavy atom. The van der Waals surface area contributed by atoms with Crippen LogP contribution in [0.5, 0.6) is 11.5 Å². The monoisotopic (exact) mass is 565 g/mol. The van der Waals surface area contributed by atoms with E-state index in [-0.39, 0.29) is 24.3 Å². The standard InChI is InChI=1S/C29H28BrNO4S/c1-19(2)23-11-9-20(3)15-26(23)34-14-13-31-28(32)27(36-29(31)33)17-22-10-12-25(24(30)16-22)35-18-21-7-5-4-6-8-21/h4-12,15-17,19H,13-14,18H2,1-3H3/b27-17-. The minimum Gasteiger partial charge on any atom is -0.491 e. The molecule has 2 amide bonds. The minimum absolute atomic E-state index is 0.198. The summed E-state index contributed by atoms with van der Waals surface area (Å²) in [5.41, 5.74) is 4.09. The third-order valence-corrected chi connectivity index (χ3v) is 7.26. The molecule has 3 aromatic rings. The molecule has 0 spiro atoms. The first-order valence-electron chi connectivity index (χ1n) is 11.8. The van der Waals surface area contributed by atoms with Gasteiger partial charge in [0.25, 0.3) is 11.1 Å². The molecular formula is C29H28BrNO4S. The van der Waals surface area contributed by atoms with Crippen molar-refractivity contribution in [3.8, 4) is 11.5 Å². The molecule has 186 valence electrons. The summed E-state index contributed by atoms with van der Waals surface area (Å²) >= 11 is 4.49. The summed E-state index contributed by atoms with van der Waals surface area (Å²) in [7, 11) is 0. The van der Waals surface area contributed by atoms with Crippen molar-refractivity contribution in [1.82, 2.24) is 4.90 Å². The fourth-order valence-corrected chi connectivity index (χ4v) is 5.17. The number of ether oxygens (including phenoxy) is 2. The minimum atomic E-state index is -0.303. The number of aryl methyl sites for hydroxylation is 1. The molecule has 1 aliphatic heterocycles. The molecular weight excluding hydrogens is 538 g/mol. The van der Waals surface area contributed by atoms with Gasteiger partial charge in [0.1, 0.15) is 24.7 Å². The first-order chi connectivity index (χ1) is 17.3. The maximum Gasteiger partial charge on any atom is 0.293 e. The maximum absolute atomic E-state index is 12.9. The van der Waals surface area contributed by atoms with Crippen LogP contribution in [0.15, 0.2) is 76.1 Å². The second kappa shape index (κ2) is 11.8. The Hall–Kier alpha value is -3.03. The Labute approximate surface area is 224 Å². The number of hydrogen-bond acceptors (Lipinski definition) is 5. The van der Waals surface area contributed by atoms with E-state index < -0.39 is 0 Å². The summed E-state index contributed by atoms with van der Waals surface area (Å²) in [4.78, 5) is 27.1. The van der Waals surface area contributed by atoms with Crippen LogP contribution in [0.4, 0.5) is 4.79 Å².